The Labute approximate surface area is 104 Å². The van der Waals surface area contributed by atoms with E-state index < -0.39 is 0 Å². The number of rotatable bonds is 3. The van der Waals surface area contributed by atoms with Crippen molar-refractivity contribution in [1.82, 2.24) is 4.90 Å². The first-order valence-corrected chi connectivity index (χ1v) is 6.52. The minimum Gasteiger partial charge on any atom is -0.343 e. The molecule has 1 amide bonds. The molecule has 1 saturated heterocycles. The van der Waals surface area contributed by atoms with E-state index in [-0.39, 0.29) is 0 Å². The lowest BCUT2D eigenvalue weighted by Crippen LogP contribution is -2.28. The fourth-order valence-electron chi connectivity index (χ4n) is 2.61. The molecule has 1 unspecified atom stereocenters. The summed E-state index contributed by atoms with van der Waals surface area (Å²) in [6, 6.07) is 8.36. The van der Waals surface area contributed by atoms with Gasteiger partial charge in [-0.3, -0.25) is 4.79 Å². The predicted molar refractivity (Wildman–Crippen MR) is 70.0 cm³/mol. The minimum atomic E-state index is 0.318. The summed E-state index contributed by atoms with van der Waals surface area (Å²) in [4.78, 5) is 14.1. The molecule has 0 aliphatic carbocycles. The van der Waals surface area contributed by atoms with Crippen LogP contribution in [0.25, 0.3) is 0 Å². The van der Waals surface area contributed by atoms with Crippen LogP contribution in [0.2, 0.25) is 0 Å². The van der Waals surface area contributed by atoms with Crippen LogP contribution in [0.1, 0.15) is 43.2 Å². The molecule has 0 N–H and O–H groups in total. The zero-order valence-corrected chi connectivity index (χ0v) is 10.8. The van der Waals surface area contributed by atoms with E-state index in [9.17, 15) is 4.79 Å². The molecule has 0 aromatic heterocycles. The second kappa shape index (κ2) is 5.35. The van der Waals surface area contributed by atoms with Crippen molar-refractivity contribution in [3.63, 3.8) is 0 Å². The summed E-state index contributed by atoms with van der Waals surface area (Å²) in [6.45, 7) is 6.18. The van der Waals surface area contributed by atoms with E-state index in [1.807, 2.05) is 11.0 Å². The lowest BCUT2D eigenvalue weighted by molar-refractivity contribution is -0.130. The normalized spacial score (nSPS) is 17.2. The van der Waals surface area contributed by atoms with E-state index in [4.69, 9.17) is 0 Å². The summed E-state index contributed by atoms with van der Waals surface area (Å²) < 4.78 is 0. The summed E-state index contributed by atoms with van der Waals surface area (Å²) in [5.41, 5.74) is 2.59. The second-order valence-electron chi connectivity index (χ2n) is 5.05. The maximum Gasteiger partial charge on any atom is 0.223 e. The molecule has 2 heteroatoms. The van der Waals surface area contributed by atoms with Gasteiger partial charge in [0.1, 0.15) is 0 Å². The largest absolute Gasteiger partial charge is 0.343 e. The molecule has 0 radical (unpaired) electrons. The highest BCUT2D eigenvalue weighted by molar-refractivity contribution is 5.77. The standard InChI is InChI=1S/C15H21NO/c1-12-7-3-4-8-14(12)13(2)11-15(17)16-9-5-6-10-16/h3-4,7-8,13H,5-6,9-11H2,1-2H3. The van der Waals surface area contributed by atoms with Crippen molar-refractivity contribution in [3.8, 4) is 0 Å². The van der Waals surface area contributed by atoms with Gasteiger partial charge in [-0.1, -0.05) is 31.2 Å². The van der Waals surface area contributed by atoms with E-state index in [2.05, 4.69) is 32.0 Å². The number of carbonyl (C=O) groups excluding carboxylic acids is 1. The molecule has 1 heterocycles. The average molecular weight is 231 g/mol. The Morgan fingerprint density at radius 3 is 2.59 bits per heavy atom. The van der Waals surface area contributed by atoms with E-state index in [1.54, 1.807) is 0 Å². The van der Waals surface area contributed by atoms with Crippen molar-refractivity contribution in [1.29, 1.82) is 0 Å². The van der Waals surface area contributed by atoms with Gasteiger partial charge < -0.3 is 4.90 Å². The second-order valence-corrected chi connectivity index (χ2v) is 5.05. The van der Waals surface area contributed by atoms with E-state index >= 15 is 0 Å². The third kappa shape index (κ3) is 2.87. The zero-order valence-electron chi connectivity index (χ0n) is 10.8. The predicted octanol–water partition coefficient (Wildman–Crippen LogP) is 3.11. The van der Waals surface area contributed by atoms with Crippen molar-refractivity contribution in [2.45, 2.75) is 39.0 Å². The van der Waals surface area contributed by atoms with Crippen LogP contribution in [0, 0.1) is 6.92 Å². The van der Waals surface area contributed by atoms with Gasteiger partial charge in [0.05, 0.1) is 0 Å². The van der Waals surface area contributed by atoms with Crippen LogP contribution >= 0.6 is 0 Å². The highest BCUT2D eigenvalue weighted by Gasteiger charge is 2.20. The minimum absolute atomic E-state index is 0.318. The maximum absolute atomic E-state index is 12.1. The third-order valence-electron chi connectivity index (χ3n) is 3.66. The Balaban J connectivity index is 1.99. The first kappa shape index (κ1) is 12.2. The molecule has 1 aromatic carbocycles. The third-order valence-corrected chi connectivity index (χ3v) is 3.66. The number of benzene rings is 1. The van der Waals surface area contributed by atoms with Crippen molar-refractivity contribution in [2.75, 3.05) is 13.1 Å². The molecule has 1 fully saturated rings. The van der Waals surface area contributed by atoms with Crippen LogP contribution < -0.4 is 0 Å². The summed E-state index contributed by atoms with van der Waals surface area (Å²) in [7, 11) is 0. The van der Waals surface area contributed by atoms with Crippen LogP contribution in [0.4, 0.5) is 0 Å². The Hall–Kier alpha value is -1.31. The molecule has 2 rings (SSSR count). The smallest absolute Gasteiger partial charge is 0.223 e. The van der Waals surface area contributed by atoms with Gasteiger partial charge in [-0.2, -0.15) is 0 Å². The van der Waals surface area contributed by atoms with Crippen LogP contribution in [0.5, 0.6) is 0 Å². The molecule has 1 atom stereocenters. The Morgan fingerprint density at radius 1 is 1.29 bits per heavy atom. The summed E-state index contributed by atoms with van der Waals surface area (Å²) in [6.07, 6.45) is 2.99. The summed E-state index contributed by atoms with van der Waals surface area (Å²) in [5, 5.41) is 0. The van der Waals surface area contributed by atoms with Crippen LogP contribution in [0.15, 0.2) is 24.3 Å². The fraction of sp³-hybridized carbons (Fsp3) is 0.533. The molecular weight excluding hydrogens is 210 g/mol. The molecule has 0 bridgehead atoms. The van der Waals surface area contributed by atoms with Crippen molar-refractivity contribution in [3.05, 3.63) is 35.4 Å². The fourth-order valence-corrected chi connectivity index (χ4v) is 2.61. The lowest BCUT2D eigenvalue weighted by Gasteiger charge is -2.19. The highest BCUT2D eigenvalue weighted by Crippen LogP contribution is 2.24. The van der Waals surface area contributed by atoms with E-state index in [0.29, 0.717) is 18.2 Å². The molecule has 17 heavy (non-hydrogen) atoms. The van der Waals surface area contributed by atoms with Crippen LogP contribution in [0.3, 0.4) is 0 Å². The molecule has 92 valence electrons. The van der Waals surface area contributed by atoms with Gasteiger partial charge in [0.2, 0.25) is 5.91 Å². The molecule has 1 aliphatic rings. The van der Waals surface area contributed by atoms with Crippen molar-refractivity contribution < 1.29 is 4.79 Å². The van der Waals surface area contributed by atoms with Crippen LogP contribution in [-0.2, 0) is 4.79 Å². The number of likely N-dealkylation sites (tertiary alicyclic amines) is 1. The van der Waals surface area contributed by atoms with Gasteiger partial charge in [-0.15, -0.1) is 0 Å². The van der Waals surface area contributed by atoms with Gasteiger partial charge in [-0.25, -0.2) is 0 Å². The van der Waals surface area contributed by atoms with Crippen molar-refractivity contribution >= 4 is 5.91 Å². The quantitative estimate of drug-likeness (QED) is 0.782. The van der Waals surface area contributed by atoms with Gasteiger partial charge >= 0.3 is 0 Å². The Morgan fingerprint density at radius 2 is 1.94 bits per heavy atom. The number of aryl methyl sites for hydroxylation is 1. The van der Waals surface area contributed by atoms with Gasteiger partial charge in [0.25, 0.3) is 0 Å². The molecule has 0 spiro atoms. The number of hydrogen-bond donors (Lipinski definition) is 0. The molecule has 1 aromatic rings. The molecular formula is C15H21NO. The Kier molecular flexibility index (Phi) is 3.82. The van der Waals surface area contributed by atoms with E-state index in [0.717, 1.165) is 13.1 Å². The average Bonchev–Trinajstić information content (AvgIpc) is 2.82. The number of hydrogen-bond acceptors (Lipinski definition) is 1. The SMILES string of the molecule is Cc1ccccc1C(C)CC(=O)N1CCCC1. The highest BCUT2D eigenvalue weighted by atomic mass is 16.2. The maximum atomic E-state index is 12.1. The molecule has 1 aliphatic heterocycles. The van der Waals surface area contributed by atoms with Gasteiger partial charge in [-0.05, 0) is 36.8 Å². The first-order valence-electron chi connectivity index (χ1n) is 6.52. The van der Waals surface area contributed by atoms with E-state index in [1.165, 1.54) is 24.0 Å². The van der Waals surface area contributed by atoms with Gasteiger partial charge in [0.15, 0.2) is 0 Å². The number of carbonyl (C=O) groups is 1. The van der Waals surface area contributed by atoms with Gasteiger partial charge in [0, 0.05) is 19.5 Å². The first-order chi connectivity index (χ1) is 8.18. The summed E-state index contributed by atoms with van der Waals surface area (Å²) in [5.74, 6) is 0.641. The summed E-state index contributed by atoms with van der Waals surface area (Å²) >= 11 is 0. The van der Waals surface area contributed by atoms with Crippen LogP contribution in [-0.4, -0.2) is 23.9 Å². The topological polar surface area (TPSA) is 20.3 Å². The van der Waals surface area contributed by atoms with Crippen molar-refractivity contribution in [2.24, 2.45) is 0 Å². The monoisotopic (exact) mass is 231 g/mol. The number of amides is 1. The molecule has 0 saturated carbocycles. The molecule has 2 nitrogen and oxygen atoms in total. The number of nitrogens with zero attached hydrogens (tertiary/aromatic N) is 1. The Bertz CT molecular complexity index is 394. The zero-order chi connectivity index (χ0) is 12.3. The lowest BCUT2D eigenvalue weighted by atomic mass is 9.93.